The molecule has 172 valence electrons. The van der Waals surface area contributed by atoms with Crippen LogP contribution in [0.25, 0.3) is 11.3 Å². The fraction of sp³-hybridized carbons (Fsp3) is 0.321. The van der Waals surface area contributed by atoms with Gasteiger partial charge in [-0.3, -0.25) is 4.79 Å². The van der Waals surface area contributed by atoms with Crippen LogP contribution in [0.4, 0.5) is 0 Å². The SMILES string of the molecule is Cc1c(Cc2ccc(C(=O)NCC(C)O)cc2)c(C2=CC2)nn1-c1ccc(C#N)c(C2CC2)c1. The van der Waals surface area contributed by atoms with Crippen LogP contribution in [-0.4, -0.2) is 33.4 Å². The van der Waals surface area contributed by atoms with Gasteiger partial charge >= 0.3 is 0 Å². The van der Waals surface area contributed by atoms with Gasteiger partial charge < -0.3 is 10.4 Å². The number of nitrogens with zero attached hydrogens (tertiary/aromatic N) is 3. The van der Waals surface area contributed by atoms with E-state index >= 15 is 0 Å². The van der Waals surface area contributed by atoms with Crippen LogP contribution in [0.3, 0.4) is 0 Å². The molecule has 2 aliphatic carbocycles. The molecule has 3 aromatic rings. The second-order valence-corrected chi connectivity index (χ2v) is 9.35. The zero-order valence-electron chi connectivity index (χ0n) is 19.5. The van der Waals surface area contributed by atoms with E-state index in [1.165, 1.54) is 11.1 Å². The van der Waals surface area contributed by atoms with Gasteiger partial charge in [-0.1, -0.05) is 18.2 Å². The van der Waals surface area contributed by atoms with Gasteiger partial charge in [-0.25, -0.2) is 4.68 Å². The summed E-state index contributed by atoms with van der Waals surface area (Å²) in [5, 5.41) is 26.6. The highest BCUT2D eigenvalue weighted by molar-refractivity contribution is 5.94. The Morgan fingerprint density at radius 1 is 1.26 bits per heavy atom. The number of carbonyl (C=O) groups excluding carboxylic acids is 1. The number of hydrogen-bond donors (Lipinski definition) is 2. The minimum atomic E-state index is -0.575. The van der Waals surface area contributed by atoms with E-state index in [4.69, 9.17) is 5.10 Å². The number of allylic oxidation sites excluding steroid dienone is 2. The highest BCUT2D eigenvalue weighted by Gasteiger charge is 2.28. The summed E-state index contributed by atoms with van der Waals surface area (Å²) in [7, 11) is 0. The van der Waals surface area contributed by atoms with Crippen LogP contribution < -0.4 is 5.32 Å². The molecule has 1 fully saturated rings. The molecule has 0 bridgehead atoms. The Hall–Kier alpha value is -3.69. The van der Waals surface area contributed by atoms with Gasteiger partial charge in [-0.15, -0.1) is 0 Å². The van der Waals surface area contributed by atoms with Crippen molar-refractivity contribution in [3.63, 3.8) is 0 Å². The minimum Gasteiger partial charge on any atom is -0.392 e. The van der Waals surface area contributed by atoms with E-state index in [1.54, 1.807) is 6.92 Å². The fourth-order valence-corrected chi connectivity index (χ4v) is 4.34. The molecule has 0 aliphatic heterocycles. The lowest BCUT2D eigenvalue weighted by Crippen LogP contribution is -2.30. The number of hydrogen-bond acceptors (Lipinski definition) is 4. The van der Waals surface area contributed by atoms with Crippen LogP contribution >= 0.6 is 0 Å². The number of aromatic nitrogens is 2. The number of aliphatic hydroxyl groups excluding tert-OH is 1. The van der Waals surface area contributed by atoms with Crippen molar-refractivity contribution in [3.05, 3.63) is 87.7 Å². The van der Waals surface area contributed by atoms with Crippen LogP contribution in [0.5, 0.6) is 0 Å². The van der Waals surface area contributed by atoms with Gasteiger partial charge in [0, 0.05) is 29.8 Å². The molecule has 2 aromatic carbocycles. The molecule has 6 heteroatoms. The van der Waals surface area contributed by atoms with Crippen molar-refractivity contribution >= 4 is 11.5 Å². The average Bonchev–Trinajstić information content (AvgIpc) is 3.76. The third-order valence-corrected chi connectivity index (χ3v) is 6.53. The molecule has 2 aliphatic rings. The lowest BCUT2D eigenvalue weighted by Gasteiger charge is -2.10. The maximum Gasteiger partial charge on any atom is 0.251 e. The highest BCUT2D eigenvalue weighted by atomic mass is 16.3. The second kappa shape index (κ2) is 8.92. The third kappa shape index (κ3) is 4.52. The topological polar surface area (TPSA) is 90.9 Å². The van der Waals surface area contributed by atoms with E-state index < -0.39 is 6.10 Å². The molecule has 1 atom stereocenters. The lowest BCUT2D eigenvalue weighted by molar-refractivity contribution is 0.0924. The van der Waals surface area contributed by atoms with Gasteiger partial charge in [0.25, 0.3) is 5.91 Å². The molecule has 1 unspecified atom stereocenters. The molecule has 1 heterocycles. The van der Waals surface area contributed by atoms with E-state index in [2.05, 4.69) is 30.5 Å². The van der Waals surface area contributed by atoms with Gasteiger partial charge in [-0.05, 0) is 86.1 Å². The summed E-state index contributed by atoms with van der Waals surface area (Å²) in [6.45, 7) is 3.97. The number of amides is 1. The van der Waals surface area contributed by atoms with Crippen molar-refractivity contribution in [1.82, 2.24) is 15.1 Å². The Morgan fingerprint density at radius 3 is 2.62 bits per heavy atom. The number of nitrogens with one attached hydrogen (secondary N) is 1. The summed E-state index contributed by atoms with van der Waals surface area (Å²) in [6, 6.07) is 16.0. The number of benzene rings is 2. The molecule has 1 amide bonds. The van der Waals surface area contributed by atoms with Crippen LogP contribution in [-0.2, 0) is 6.42 Å². The van der Waals surface area contributed by atoms with Gasteiger partial charge in [-0.2, -0.15) is 10.4 Å². The highest BCUT2D eigenvalue weighted by Crippen LogP contribution is 2.42. The predicted molar refractivity (Wildman–Crippen MR) is 131 cm³/mol. The normalized spacial score (nSPS) is 15.4. The Labute approximate surface area is 199 Å². The Bertz CT molecular complexity index is 1320. The van der Waals surface area contributed by atoms with E-state index in [0.29, 0.717) is 11.5 Å². The Kier molecular flexibility index (Phi) is 5.80. The summed E-state index contributed by atoms with van der Waals surface area (Å²) in [5.74, 6) is 0.305. The smallest absolute Gasteiger partial charge is 0.251 e. The van der Waals surface area contributed by atoms with Crippen molar-refractivity contribution < 1.29 is 9.90 Å². The number of rotatable bonds is 8. The first-order chi connectivity index (χ1) is 16.4. The molecule has 5 rings (SSSR count). The molecular formula is C28H28N4O2. The van der Waals surface area contributed by atoms with E-state index in [9.17, 15) is 15.2 Å². The number of carbonyl (C=O) groups is 1. The fourth-order valence-electron chi connectivity index (χ4n) is 4.34. The summed E-state index contributed by atoms with van der Waals surface area (Å²) in [6.07, 6.45) is 5.60. The van der Waals surface area contributed by atoms with Crippen molar-refractivity contribution in [3.8, 4) is 11.8 Å². The van der Waals surface area contributed by atoms with Gasteiger partial charge in [0.05, 0.1) is 29.1 Å². The molecule has 1 aromatic heterocycles. The summed E-state index contributed by atoms with van der Waals surface area (Å²) in [5.41, 5.74) is 9.16. The van der Waals surface area contributed by atoms with E-state index in [1.807, 2.05) is 41.1 Å². The van der Waals surface area contributed by atoms with Crippen LogP contribution in [0.15, 0.2) is 48.5 Å². The predicted octanol–water partition coefficient (Wildman–Crippen LogP) is 4.42. The summed E-state index contributed by atoms with van der Waals surface area (Å²) < 4.78 is 2.01. The van der Waals surface area contributed by atoms with Crippen molar-refractivity contribution in [2.75, 3.05) is 6.54 Å². The molecule has 6 nitrogen and oxygen atoms in total. The lowest BCUT2D eigenvalue weighted by atomic mass is 10.0. The molecular weight excluding hydrogens is 424 g/mol. The van der Waals surface area contributed by atoms with Crippen LogP contribution in [0.1, 0.15) is 76.1 Å². The van der Waals surface area contributed by atoms with Gasteiger partial charge in [0.2, 0.25) is 0 Å². The van der Waals surface area contributed by atoms with Crippen molar-refractivity contribution in [1.29, 1.82) is 5.26 Å². The standard InChI is InChI=1S/C28H28N4O2/c1-17(33)16-30-28(34)22-5-3-19(4-6-22)13-25-18(2)32(31-27(25)21-9-10-21)24-12-11-23(15-29)26(14-24)20-7-8-20/h3-6,9,11-12,14,17,20,33H,7-8,10,13,16H2,1-2H3,(H,30,34). The Morgan fingerprint density at radius 2 is 2.00 bits per heavy atom. The zero-order valence-corrected chi connectivity index (χ0v) is 19.5. The molecule has 0 saturated heterocycles. The van der Waals surface area contributed by atoms with E-state index in [0.717, 1.165) is 59.4 Å². The zero-order chi connectivity index (χ0) is 23.8. The minimum absolute atomic E-state index is 0.187. The third-order valence-electron chi connectivity index (χ3n) is 6.53. The first-order valence-corrected chi connectivity index (χ1v) is 11.8. The quantitative estimate of drug-likeness (QED) is 0.529. The van der Waals surface area contributed by atoms with Crippen molar-refractivity contribution in [2.45, 2.75) is 51.6 Å². The number of aliphatic hydroxyl groups is 1. The van der Waals surface area contributed by atoms with Crippen LogP contribution in [0.2, 0.25) is 0 Å². The number of nitriles is 1. The molecule has 0 radical (unpaired) electrons. The molecule has 2 N–H and O–H groups in total. The maximum atomic E-state index is 12.2. The Balaban J connectivity index is 1.42. The second-order valence-electron chi connectivity index (χ2n) is 9.35. The maximum absolute atomic E-state index is 12.2. The molecule has 1 saturated carbocycles. The van der Waals surface area contributed by atoms with Crippen LogP contribution in [0, 0.1) is 18.3 Å². The first-order valence-electron chi connectivity index (χ1n) is 11.8. The first kappa shape index (κ1) is 22.1. The molecule has 0 spiro atoms. The summed E-state index contributed by atoms with van der Waals surface area (Å²) >= 11 is 0. The summed E-state index contributed by atoms with van der Waals surface area (Å²) in [4.78, 5) is 12.2. The molecule has 34 heavy (non-hydrogen) atoms. The average molecular weight is 453 g/mol. The monoisotopic (exact) mass is 452 g/mol. The van der Waals surface area contributed by atoms with Gasteiger partial charge in [0.15, 0.2) is 0 Å². The van der Waals surface area contributed by atoms with Gasteiger partial charge in [0.1, 0.15) is 0 Å². The van der Waals surface area contributed by atoms with Crippen molar-refractivity contribution in [2.24, 2.45) is 0 Å². The van der Waals surface area contributed by atoms with E-state index in [-0.39, 0.29) is 12.5 Å². The largest absolute Gasteiger partial charge is 0.392 e.